The van der Waals surface area contributed by atoms with E-state index in [1.165, 1.54) is 13.2 Å². The lowest BCUT2D eigenvalue weighted by Crippen LogP contribution is -2.54. The maximum Gasteiger partial charge on any atom is 0.419 e. The molecule has 3 aromatic rings. The molecule has 0 bridgehead atoms. The van der Waals surface area contributed by atoms with Crippen LogP contribution in [-0.4, -0.2) is 106 Å². The number of amides is 6. The normalized spacial score (nSPS) is 16.9. The summed E-state index contributed by atoms with van der Waals surface area (Å²) in [5.41, 5.74) is -0.00678. The van der Waals surface area contributed by atoms with E-state index >= 15 is 0 Å². The van der Waals surface area contributed by atoms with Crippen molar-refractivity contribution in [1.29, 1.82) is 0 Å². The van der Waals surface area contributed by atoms with Crippen molar-refractivity contribution >= 4 is 47.1 Å². The Balaban J connectivity index is 0.872. The van der Waals surface area contributed by atoms with Gasteiger partial charge in [-0.2, -0.15) is 13.2 Å². The van der Waals surface area contributed by atoms with Crippen LogP contribution in [0.15, 0.2) is 42.6 Å². The molecule has 314 valence electrons. The minimum Gasteiger partial charge on any atom is -0.495 e. The number of methoxy groups -OCH3 is 1. The summed E-state index contributed by atoms with van der Waals surface area (Å²) >= 11 is 0. The zero-order valence-electron chi connectivity index (χ0n) is 32.9. The second-order valence-corrected chi connectivity index (χ2v) is 14.5. The Hall–Kier alpha value is -6.07. The number of carbonyl (C=O) groups excluding carboxylic acids is 6. The Morgan fingerprint density at radius 2 is 1.63 bits per heavy atom. The Morgan fingerprint density at radius 3 is 2.32 bits per heavy atom. The van der Waals surface area contributed by atoms with Crippen LogP contribution in [-0.2, 0) is 27.0 Å². The highest BCUT2D eigenvalue weighted by atomic mass is 19.4. The van der Waals surface area contributed by atoms with Crippen LogP contribution in [0.2, 0.25) is 0 Å². The number of piperazine rings is 1. The summed E-state index contributed by atoms with van der Waals surface area (Å²) in [6.07, 6.45) is 1.82. The number of carbonyl (C=O) groups is 6. The van der Waals surface area contributed by atoms with Crippen molar-refractivity contribution in [2.24, 2.45) is 0 Å². The van der Waals surface area contributed by atoms with Gasteiger partial charge in [-0.3, -0.25) is 39.0 Å². The molecule has 3 aliphatic heterocycles. The predicted molar refractivity (Wildman–Crippen MR) is 206 cm³/mol. The van der Waals surface area contributed by atoms with Gasteiger partial charge in [0.15, 0.2) is 0 Å². The van der Waals surface area contributed by atoms with E-state index in [4.69, 9.17) is 9.47 Å². The SMILES string of the molecule is CCc1nc(Nc2ccc(C(=O)N3CCN(C(=O)CCCCCCCCOc4cccc5c4C(=O)N(C4CCC(=O)NC4=O)C5=O)CC3)cc2OC)ncc1C(F)(F)F. The molecule has 0 aliphatic carbocycles. The molecule has 6 rings (SSSR count). The number of aromatic nitrogens is 2. The van der Waals surface area contributed by atoms with Crippen molar-refractivity contribution in [2.45, 2.75) is 83.4 Å². The van der Waals surface area contributed by atoms with E-state index in [0.717, 1.165) is 49.6 Å². The standard InChI is InChI=1S/C41H46F3N7O8/c1-3-28-27(41(42,43)44)24-45-40(46-28)47-29-15-14-25(23-32(29)58-2)37(55)50-20-18-49(19-21-50)34(53)13-8-6-4-5-7-9-22-59-31-12-10-11-26-35(31)39(57)51(38(26)56)30-16-17-33(52)48-36(30)54/h10-12,14-15,23-24,30H,3-9,13,16-22H2,1-2H3,(H,45,46,47)(H,48,52,54). The van der Waals surface area contributed by atoms with Gasteiger partial charge in [0.25, 0.3) is 17.7 Å². The van der Waals surface area contributed by atoms with Gasteiger partial charge in [0.05, 0.1) is 41.8 Å². The fraction of sp³-hybridized carbons (Fsp3) is 0.463. The zero-order valence-corrected chi connectivity index (χ0v) is 32.9. The number of rotatable bonds is 16. The molecule has 0 radical (unpaired) electrons. The summed E-state index contributed by atoms with van der Waals surface area (Å²) < 4.78 is 51.2. The molecule has 6 amide bonds. The molecule has 0 spiro atoms. The molecular formula is C41H46F3N7O8. The van der Waals surface area contributed by atoms with E-state index in [9.17, 15) is 41.9 Å². The van der Waals surface area contributed by atoms with Crippen molar-refractivity contribution < 1.29 is 51.4 Å². The van der Waals surface area contributed by atoms with E-state index in [-0.39, 0.29) is 65.3 Å². The largest absolute Gasteiger partial charge is 0.495 e. The first kappa shape index (κ1) is 42.5. The molecule has 1 aromatic heterocycles. The van der Waals surface area contributed by atoms with E-state index in [1.807, 2.05) is 0 Å². The average Bonchev–Trinajstić information content (AvgIpc) is 3.48. The molecule has 3 aliphatic rings. The van der Waals surface area contributed by atoms with E-state index < -0.39 is 41.4 Å². The van der Waals surface area contributed by atoms with Crippen LogP contribution in [0.3, 0.4) is 0 Å². The van der Waals surface area contributed by atoms with E-state index in [2.05, 4.69) is 20.6 Å². The van der Waals surface area contributed by atoms with Gasteiger partial charge in [0.1, 0.15) is 17.5 Å². The van der Waals surface area contributed by atoms with Gasteiger partial charge >= 0.3 is 6.18 Å². The first-order valence-electron chi connectivity index (χ1n) is 19.7. The Morgan fingerprint density at radius 1 is 0.915 bits per heavy atom. The lowest BCUT2D eigenvalue weighted by atomic mass is 10.0. The first-order valence-corrected chi connectivity index (χ1v) is 19.7. The van der Waals surface area contributed by atoms with Crippen LogP contribution in [0.4, 0.5) is 24.8 Å². The maximum atomic E-state index is 13.4. The van der Waals surface area contributed by atoms with Gasteiger partial charge in [-0.1, -0.05) is 38.7 Å². The molecule has 2 N–H and O–H groups in total. The third kappa shape index (κ3) is 9.80. The van der Waals surface area contributed by atoms with Crippen LogP contribution >= 0.6 is 0 Å². The molecule has 2 fully saturated rings. The number of ether oxygens (including phenoxy) is 2. The van der Waals surface area contributed by atoms with Crippen LogP contribution in [0.25, 0.3) is 0 Å². The minimum absolute atomic E-state index is 0.0354. The molecule has 1 unspecified atom stereocenters. The van der Waals surface area contributed by atoms with Gasteiger partial charge < -0.3 is 24.6 Å². The fourth-order valence-corrected chi connectivity index (χ4v) is 7.40. The number of alkyl halides is 3. The summed E-state index contributed by atoms with van der Waals surface area (Å²) in [6.45, 7) is 3.45. The Kier molecular flexibility index (Phi) is 13.5. The third-order valence-corrected chi connectivity index (χ3v) is 10.6. The predicted octanol–water partition coefficient (Wildman–Crippen LogP) is 5.31. The summed E-state index contributed by atoms with van der Waals surface area (Å²) in [4.78, 5) is 88.6. The Labute approximate surface area is 338 Å². The van der Waals surface area contributed by atoms with Crippen molar-refractivity contribution in [1.82, 2.24) is 30.0 Å². The van der Waals surface area contributed by atoms with Crippen LogP contribution in [0, 0.1) is 0 Å². The van der Waals surface area contributed by atoms with Gasteiger partial charge in [-0.15, -0.1) is 0 Å². The second-order valence-electron chi connectivity index (χ2n) is 14.5. The number of hydrogen-bond donors (Lipinski definition) is 2. The highest BCUT2D eigenvalue weighted by molar-refractivity contribution is 6.24. The van der Waals surface area contributed by atoms with Crippen molar-refractivity contribution in [3.8, 4) is 11.5 Å². The number of benzene rings is 2. The number of fused-ring (bicyclic) bond motifs is 1. The topological polar surface area (TPSA) is 180 Å². The lowest BCUT2D eigenvalue weighted by Gasteiger charge is -2.35. The van der Waals surface area contributed by atoms with E-state index in [1.54, 1.807) is 47.1 Å². The van der Waals surface area contributed by atoms with E-state index in [0.29, 0.717) is 50.5 Å². The second kappa shape index (κ2) is 18.7. The molecule has 59 heavy (non-hydrogen) atoms. The summed E-state index contributed by atoms with van der Waals surface area (Å²) in [5.74, 6) is -1.96. The third-order valence-electron chi connectivity index (χ3n) is 10.6. The van der Waals surface area contributed by atoms with Gasteiger partial charge in [0, 0.05) is 50.8 Å². The monoisotopic (exact) mass is 821 g/mol. The van der Waals surface area contributed by atoms with Crippen LogP contribution in [0.5, 0.6) is 11.5 Å². The van der Waals surface area contributed by atoms with Gasteiger partial charge in [-0.05, 0) is 56.0 Å². The number of imide groups is 2. The molecular weight excluding hydrogens is 775 g/mol. The fourth-order valence-electron chi connectivity index (χ4n) is 7.40. The number of halogens is 3. The van der Waals surface area contributed by atoms with Gasteiger partial charge in [0.2, 0.25) is 23.7 Å². The molecule has 0 saturated carbocycles. The smallest absolute Gasteiger partial charge is 0.419 e. The maximum absolute atomic E-state index is 13.4. The highest BCUT2D eigenvalue weighted by Crippen LogP contribution is 2.35. The molecule has 2 saturated heterocycles. The molecule has 1 atom stereocenters. The van der Waals surface area contributed by atoms with Gasteiger partial charge in [-0.25, -0.2) is 9.97 Å². The number of piperidine rings is 1. The van der Waals surface area contributed by atoms with Crippen LogP contribution in [0.1, 0.15) is 107 Å². The lowest BCUT2D eigenvalue weighted by molar-refractivity contribution is -0.139. The Bertz CT molecular complexity index is 2100. The van der Waals surface area contributed by atoms with Crippen LogP contribution < -0.4 is 20.1 Å². The molecule has 4 heterocycles. The minimum atomic E-state index is -4.57. The molecule has 15 nitrogen and oxygen atoms in total. The summed E-state index contributed by atoms with van der Waals surface area (Å²) in [6, 6.07) is 8.44. The van der Waals surface area contributed by atoms with Crippen molar-refractivity contribution in [3.63, 3.8) is 0 Å². The summed E-state index contributed by atoms with van der Waals surface area (Å²) in [5, 5.41) is 5.07. The number of aryl methyl sites for hydroxylation is 1. The number of unbranched alkanes of at least 4 members (excludes halogenated alkanes) is 5. The quantitative estimate of drug-likeness (QED) is 0.141. The number of anilines is 2. The molecule has 2 aromatic carbocycles. The average molecular weight is 822 g/mol. The number of nitrogens with zero attached hydrogens (tertiary/aromatic N) is 5. The number of nitrogens with one attached hydrogen (secondary N) is 2. The van der Waals surface area contributed by atoms with Crippen molar-refractivity contribution in [3.05, 3.63) is 70.5 Å². The van der Waals surface area contributed by atoms with Crippen molar-refractivity contribution in [2.75, 3.05) is 45.2 Å². The first-order chi connectivity index (χ1) is 28.3. The number of hydrogen-bond acceptors (Lipinski definition) is 11. The molecule has 18 heteroatoms. The summed E-state index contributed by atoms with van der Waals surface area (Å²) in [7, 11) is 1.41. The zero-order chi connectivity index (χ0) is 42.3. The highest BCUT2D eigenvalue weighted by Gasteiger charge is 2.46.